The predicted molar refractivity (Wildman–Crippen MR) is 85.0 cm³/mol. The Labute approximate surface area is 138 Å². The fourth-order valence-electron chi connectivity index (χ4n) is 5.15. The molecule has 2 saturated carbocycles. The van der Waals surface area contributed by atoms with E-state index < -0.39 is 4.92 Å². The summed E-state index contributed by atoms with van der Waals surface area (Å²) in [4.78, 5) is 37.8. The van der Waals surface area contributed by atoms with Gasteiger partial charge in [0.05, 0.1) is 22.4 Å². The molecule has 0 radical (unpaired) electrons. The number of amides is 2. The summed E-state index contributed by atoms with van der Waals surface area (Å²) in [5.41, 5.74) is 0.778. The molecule has 24 heavy (non-hydrogen) atoms. The van der Waals surface area contributed by atoms with Gasteiger partial charge in [-0.2, -0.15) is 0 Å². The van der Waals surface area contributed by atoms with Crippen molar-refractivity contribution in [3.05, 3.63) is 46.0 Å². The molecular weight excluding hydrogens is 308 g/mol. The third-order valence-electron chi connectivity index (χ3n) is 6.31. The summed E-state index contributed by atoms with van der Waals surface area (Å²) < 4.78 is 0. The summed E-state index contributed by atoms with van der Waals surface area (Å²) in [7, 11) is 0. The second-order valence-corrected chi connectivity index (χ2v) is 7.39. The first-order chi connectivity index (χ1) is 11.5. The maximum Gasteiger partial charge on any atom is 0.274 e. The van der Waals surface area contributed by atoms with Crippen LogP contribution < -0.4 is 4.90 Å². The highest BCUT2D eigenvalue weighted by Crippen LogP contribution is 2.65. The van der Waals surface area contributed by atoms with Gasteiger partial charge in [-0.25, -0.2) is 4.90 Å². The molecule has 0 unspecified atom stereocenters. The molecule has 6 rings (SSSR count). The molecule has 6 nitrogen and oxygen atoms in total. The van der Waals surface area contributed by atoms with Crippen LogP contribution >= 0.6 is 0 Å². The minimum atomic E-state index is -0.475. The first-order valence-corrected chi connectivity index (χ1v) is 8.30. The van der Waals surface area contributed by atoms with Crippen LogP contribution in [0.4, 0.5) is 11.4 Å². The topological polar surface area (TPSA) is 80.5 Å². The van der Waals surface area contributed by atoms with Crippen LogP contribution in [0.5, 0.6) is 0 Å². The Balaban J connectivity index is 1.57. The monoisotopic (exact) mass is 324 g/mol. The highest BCUT2D eigenvalue weighted by molar-refractivity contribution is 6.22. The largest absolute Gasteiger partial charge is 0.274 e. The lowest BCUT2D eigenvalue weighted by molar-refractivity contribution is -0.385. The SMILES string of the molecule is Cc1ccc(N2C(=O)[C@@H]3[C@H]4C=C[C@@H]([C@@H]5C[C@H]45)[C@@H]3C2=O)cc1[N+](=O)[O-]. The normalized spacial score (nSPS) is 38.3. The van der Waals surface area contributed by atoms with Crippen molar-refractivity contribution in [3.63, 3.8) is 0 Å². The quantitative estimate of drug-likeness (QED) is 0.362. The smallest absolute Gasteiger partial charge is 0.274 e. The third-order valence-corrected chi connectivity index (χ3v) is 6.31. The first-order valence-electron chi connectivity index (χ1n) is 8.30. The molecule has 4 aliphatic carbocycles. The van der Waals surface area contributed by atoms with E-state index in [1.165, 1.54) is 11.0 Å². The van der Waals surface area contributed by atoms with Crippen molar-refractivity contribution in [3.8, 4) is 0 Å². The van der Waals surface area contributed by atoms with Crippen LogP contribution in [0.3, 0.4) is 0 Å². The maximum atomic E-state index is 13.0. The lowest BCUT2D eigenvalue weighted by atomic mass is 9.63. The fourth-order valence-corrected chi connectivity index (χ4v) is 5.15. The van der Waals surface area contributed by atoms with Gasteiger partial charge in [0.2, 0.25) is 11.8 Å². The summed E-state index contributed by atoms with van der Waals surface area (Å²) in [5, 5.41) is 11.2. The zero-order valence-electron chi connectivity index (χ0n) is 13.1. The lowest BCUT2D eigenvalue weighted by Crippen LogP contribution is -2.40. The van der Waals surface area contributed by atoms with Gasteiger partial charge in [0.1, 0.15) is 0 Å². The second-order valence-electron chi connectivity index (χ2n) is 7.39. The molecule has 1 heterocycles. The Morgan fingerprint density at radius 2 is 1.67 bits per heavy atom. The summed E-state index contributed by atoms with van der Waals surface area (Å²) in [6, 6.07) is 4.57. The van der Waals surface area contributed by atoms with E-state index in [0.29, 0.717) is 23.1 Å². The van der Waals surface area contributed by atoms with Crippen molar-refractivity contribution in [2.45, 2.75) is 13.3 Å². The third kappa shape index (κ3) is 1.56. The van der Waals surface area contributed by atoms with Crippen molar-refractivity contribution in [2.24, 2.45) is 35.5 Å². The van der Waals surface area contributed by atoms with Gasteiger partial charge >= 0.3 is 0 Å². The van der Waals surface area contributed by atoms with Crippen molar-refractivity contribution in [2.75, 3.05) is 4.90 Å². The van der Waals surface area contributed by atoms with Gasteiger partial charge in [-0.05, 0) is 43.1 Å². The Morgan fingerprint density at radius 3 is 2.21 bits per heavy atom. The van der Waals surface area contributed by atoms with Crippen LogP contribution in [-0.2, 0) is 9.59 Å². The molecule has 0 N–H and O–H groups in total. The fraction of sp³-hybridized carbons (Fsp3) is 0.444. The molecule has 6 heteroatoms. The number of aryl methyl sites for hydroxylation is 1. The highest BCUT2D eigenvalue weighted by Gasteiger charge is 2.67. The van der Waals surface area contributed by atoms with Crippen LogP contribution in [0.2, 0.25) is 0 Å². The molecule has 1 aliphatic heterocycles. The molecule has 3 fully saturated rings. The summed E-state index contributed by atoms with van der Waals surface area (Å²) in [6.45, 7) is 1.65. The van der Waals surface area contributed by atoms with E-state index in [1.54, 1.807) is 19.1 Å². The molecule has 5 aliphatic rings. The van der Waals surface area contributed by atoms with Crippen LogP contribution in [0.1, 0.15) is 12.0 Å². The summed E-state index contributed by atoms with van der Waals surface area (Å²) in [5.74, 6) is 0.475. The maximum absolute atomic E-state index is 13.0. The summed E-state index contributed by atoms with van der Waals surface area (Å²) in [6.07, 6.45) is 5.35. The molecule has 1 aromatic rings. The van der Waals surface area contributed by atoms with E-state index in [0.717, 1.165) is 6.42 Å². The second kappa shape index (κ2) is 4.32. The van der Waals surface area contributed by atoms with E-state index in [-0.39, 0.29) is 41.2 Å². The number of nitrogens with zero attached hydrogens (tertiary/aromatic N) is 2. The average molecular weight is 324 g/mol. The predicted octanol–water partition coefficient (Wildman–Crippen LogP) is 2.46. The standard InChI is InChI=1S/C18H16N2O4/c1-8-2-3-9(6-14(8)20(23)24)19-17(21)15-10-4-5-11(13-7-12(10)13)16(15)18(19)22/h2-6,10-13,15-16H,7H2,1H3/t10-,11-,12-,13+,15-,16+/m0/s1. The first kappa shape index (κ1) is 13.9. The number of hydrogen-bond donors (Lipinski definition) is 0. The minimum absolute atomic E-state index is 0.0630. The number of carbonyl (C=O) groups is 2. The van der Waals surface area contributed by atoms with Crippen LogP contribution in [0.15, 0.2) is 30.4 Å². The van der Waals surface area contributed by atoms with Gasteiger partial charge in [-0.3, -0.25) is 19.7 Å². The van der Waals surface area contributed by atoms with Crippen molar-refractivity contribution in [1.29, 1.82) is 0 Å². The van der Waals surface area contributed by atoms with E-state index in [1.807, 2.05) is 0 Å². The van der Waals surface area contributed by atoms with Gasteiger partial charge in [0.15, 0.2) is 0 Å². The number of carbonyl (C=O) groups excluding carboxylic acids is 2. The van der Waals surface area contributed by atoms with E-state index >= 15 is 0 Å². The van der Waals surface area contributed by atoms with E-state index in [9.17, 15) is 19.7 Å². The van der Waals surface area contributed by atoms with Gasteiger partial charge in [0, 0.05) is 11.6 Å². The van der Waals surface area contributed by atoms with Gasteiger partial charge < -0.3 is 0 Å². The molecular formula is C18H16N2O4. The molecule has 1 saturated heterocycles. The van der Waals surface area contributed by atoms with E-state index in [2.05, 4.69) is 12.2 Å². The lowest BCUT2D eigenvalue weighted by Gasteiger charge is -2.37. The van der Waals surface area contributed by atoms with Crippen LogP contribution in [0, 0.1) is 52.5 Å². The molecule has 0 spiro atoms. The number of imide groups is 1. The molecule has 122 valence electrons. The number of nitro benzene ring substituents is 1. The molecule has 6 atom stereocenters. The zero-order valence-corrected chi connectivity index (χ0v) is 13.1. The number of rotatable bonds is 2. The average Bonchev–Trinajstić information content (AvgIpc) is 3.33. The number of hydrogen-bond acceptors (Lipinski definition) is 4. The van der Waals surface area contributed by atoms with Gasteiger partial charge in [-0.1, -0.05) is 18.2 Å². The van der Waals surface area contributed by atoms with Crippen molar-refractivity contribution >= 4 is 23.2 Å². The number of anilines is 1. The molecule has 2 bridgehead atoms. The Kier molecular flexibility index (Phi) is 2.50. The Morgan fingerprint density at radius 1 is 1.08 bits per heavy atom. The summed E-state index contributed by atoms with van der Waals surface area (Å²) >= 11 is 0. The van der Waals surface area contributed by atoms with Crippen LogP contribution in [0.25, 0.3) is 0 Å². The van der Waals surface area contributed by atoms with Crippen molar-refractivity contribution in [1.82, 2.24) is 0 Å². The molecule has 2 amide bonds. The van der Waals surface area contributed by atoms with Gasteiger partial charge in [0.25, 0.3) is 5.69 Å². The number of nitro groups is 1. The Bertz CT molecular complexity index is 809. The van der Waals surface area contributed by atoms with Crippen molar-refractivity contribution < 1.29 is 14.5 Å². The molecule has 0 aromatic heterocycles. The minimum Gasteiger partial charge on any atom is -0.274 e. The zero-order chi connectivity index (χ0) is 16.7. The van der Waals surface area contributed by atoms with E-state index in [4.69, 9.17) is 0 Å². The molecule has 1 aromatic carbocycles. The van der Waals surface area contributed by atoms with Gasteiger partial charge in [-0.15, -0.1) is 0 Å². The highest BCUT2D eigenvalue weighted by atomic mass is 16.6. The van der Waals surface area contributed by atoms with Crippen LogP contribution in [-0.4, -0.2) is 16.7 Å². The Hall–Kier alpha value is -2.50. The number of benzene rings is 1. The number of allylic oxidation sites excluding steroid dienone is 2.